The molecule has 100 valence electrons. The van der Waals surface area contributed by atoms with Crippen molar-refractivity contribution in [2.24, 2.45) is 0 Å². The van der Waals surface area contributed by atoms with E-state index in [9.17, 15) is 0 Å². The summed E-state index contributed by atoms with van der Waals surface area (Å²) in [4.78, 5) is 0. The predicted octanol–water partition coefficient (Wildman–Crippen LogP) is 5.11. The minimum atomic E-state index is 0.688. The van der Waals surface area contributed by atoms with E-state index in [4.69, 9.17) is 16.3 Å². The van der Waals surface area contributed by atoms with Gasteiger partial charge in [-0.25, -0.2) is 0 Å². The van der Waals surface area contributed by atoms with Crippen LogP contribution in [-0.2, 0) is 6.54 Å². The van der Waals surface area contributed by atoms with Crippen molar-refractivity contribution in [2.75, 3.05) is 11.9 Å². The summed E-state index contributed by atoms with van der Waals surface area (Å²) in [5.74, 6) is 0.898. The first kappa shape index (κ1) is 14.2. The third-order valence-electron chi connectivity index (χ3n) is 2.65. The average molecular weight is 341 g/mol. The van der Waals surface area contributed by atoms with Crippen molar-refractivity contribution >= 4 is 33.2 Å². The maximum Gasteiger partial charge on any atom is 0.119 e. The van der Waals surface area contributed by atoms with Crippen LogP contribution in [0.25, 0.3) is 0 Å². The van der Waals surface area contributed by atoms with Gasteiger partial charge in [0.1, 0.15) is 5.75 Å². The van der Waals surface area contributed by atoms with Crippen LogP contribution in [0.5, 0.6) is 5.75 Å². The number of hydrogen-bond acceptors (Lipinski definition) is 2. The molecule has 2 aromatic carbocycles. The molecule has 0 aliphatic rings. The third-order valence-corrected chi connectivity index (χ3v) is 3.57. The van der Waals surface area contributed by atoms with Gasteiger partial charge in [0.15, 0.2) is 0 Å². The molecule has 0 aliphatic carbocycles. The molecule has 0 atom stereocenters. The van der Waals surface area contributed by atoms with E-state index in [1.807, 2.05) is 37.3 Å². The molecule has 0 amide bonds. The number of nitrogens with one attached hydrogen (secondary N) is 1. The van der Waals surface area contributed by atoms with Gasteiger partial charge in [0.05, 0.1) is 12.3 Å². The van der Waals surface area contributed by atoms with Gasteiger partial charge in [-0.15, -0.1) is 0 Å². The van der Waals surface area contributed by atoms with E-state index in [1.165, 1.54) is 5.56 Å². The summed E-state index contributed by atoms with van der Waals surface area (Å²) in [7, 11) is 0. The van der Waals surface area contributed by atoms with E-state index in [0.717, 1.165) is 27.5 Å². The van der Waals surface area contributed by atoms with E-state index < -0.39 is 0 Å². The zero-order chi connectivity index (χ0) is 13.7. The van der Waals surface area contributed by atoms with Gasteiger partial charge in [-0.2, -0.15) is 0 Å². The summed E-state index contributed by atoms with van der Waals surface area (Å²) < 4.78 is 6.42. The fourth-order valence-corrected chi connectivity index (χ4v) is 2.26. The van der Waals surface area contributed by atoms with Crippen molar-refractivity contribution in [1.82, 2.24) is 0 Å². The molecule has 0 bridgehead atoms. The SMILES string of the molecule is CCOc1ccc(CNc2cc(Cl)ccc2Br)cc1. The Bertz CT molecular complexity index is 542. The second-order valence-electron chi connectivity index (χ2n) is 4.05. The largest absolute Gasteiger partial charge is 0.494 e. The topological polar surface area (TPSA) is 21.3 Å². The van der Waals surface area contributed by atoms with Crippen molar-refractivity contribution in [3.63, 3.8) is 0 Å². The van der Waals surface area contributed by atoms with E-state index in [2.05, 4.69) is 33.4 Å². The van der Waals surface area contributed by atoms with Crippen LogP contribution in [-0.4, -0.2) is 6.61 Å². The van der Waals surface area contributed by atoms with Crippen molar-refractivity contribution in [1.29, 1.82) is 0 Å². The number of benzene rings is 2. The van der Waals surface area contributed by atoms with Gasteiger partial charge in [-0.3, -0.25) is 0 Å². The molecule has 0 radical (unpaired) electrons. The molecule has 0 aromatic heterocycles. The highest BCUT2D eigenvalue weighted by Gasteiger charge is 2.01. The first-order valence-corrected chi connectivity index (χ1v) is 7.27. The first-order chi connectivity index (χ1) is 9.19. The summed E-state index contributed by atoms with van der Waals surface area (Å²) in [5, 5.41) is 4.07. The minimum absolute atomic E-state index is 0.688. The zero-order valence-corrected chi connectivity index (χ0v) is 13.0. The zero-order valence-electron chi connectivity index (χ0n) is 10.6. The van der Waals surface area contributed by atoms with E-state index in [1.54, 1.807) is 0 Å². The fraction of sp³-hybridized carbons (Fsp3) is 0.200. The Kier molecular flexibility index (Phi) is 5.11. The highest BCUT2D eigenvalue weighted by molar-refractivity contribution is 9.10. The van der Waals surface area contributed by atoms with Crippen molar-refractivity contribution < 1.29 is 4.74 Å². The van der Waals surface area contributed by atoms with Crippen molar-refractivity contribution in [3.8, 4) is 5.75 Å². The van der Waals surface area contributed by atoms with Crippen LogP contribution in [0.4, 0.5) is 5.69 Å². The molecule has 2 aromatic rings. The van der Waals surface area contributed by atoms with Gasteiger partial charge in [0.2, 0.25) is 0 Å². The number of ether oxygens (including phenoxy) is 1. The first-order valence-electron chi connectivity index (χ1n) is 6.09. The lowest BCUT2D eigenvalue weighted by Crippen LogP contribution is -2.00. The molecule has 0 spiro atoms. The molecule has 2 rings (SSSR count). The summed E-state index contributed by atoms with van der Waals surface area (Å²) in [6.07, 6.45) is 0. The maximum atomic E-state index is 5.98. The average Bonchev–Trinajstić information content (AvgIpc) is 2.42. The molecular weight excluding hydrogens is 326 g/mol. The van der Waals surface area contributed by atoms with Crippen LogP contribution in [0, 0.1) is 0 Å². The second-order valence-corrected chi connectivity index (χ2v) is 5.35. The van der Waals surface area contributed by atoms with Crippen LogP contribution in [0.15, 0.2) is 46.9 Å². The summed E-state index contributed by atoms with van der Waals surface area (Å²) in [6.45, 7) is 3.41. The molecule has 4 heteroatoms. The number of hydrogen-bond donors (Lipinski definition) is 1. The van der Waals surface area contributed by atoms with E-state index in [-0.39, 0.29) is 0 Å². The predicted molar refractivity (Wildman–Crippen MR) is 84.1 cm³/mol. The molecule has 0 saturated heterocycles. The van der Waals surface area contributed by atoms with Crippen LogP contribution in [0.1, 0.15) is 12.5 Å². The van der Waals surface area contributed by atoms with Crippen LogP contribution < -0.4 is 10.1 Å². The van der Waals surface area contributed by atoms with Crippen LogP contribution in [0.3, 0.4) is 0 Å². The lowest BCUT2D eigenvalue weighted by molar-refractivity contribution is 0.340. The second kappa shape index (κ2) is 6.83. The number of rotatable bonds is 5. The third kappa shape index (κ3) is 4.15. The molecule has 0 unspecified atom stereocenters. The van der Waals surface area contributed by atoms with Gasteiger partial charge in [0, 0.05) is 16.0 Å². The van der Waals surface area contributed by atoms with E-state index >= 15 is 0 Å². The van der Waals surface area contributed by atoms with Gasteiger partial charge < -0.3 is 10.1 Å². The van der Waals surface area contributed by atoms with Gasteiger partial charge in [0.25, 0.3) is 0 Å². The smallest absolute Gasteiger partial charge is 0.119 e. The van der Waals surface area contributed by atoms with Gasteiger partial charge in [-0.05, 0) is 58.7 Å². The summed E-state index contributed by atoms with van der Waals surface area (Å²) in [6, 6.07) is 13.8. The van der Waals surface area contributed by atoms with Crippen molar-refractivity contribution in [2.45, 2.75) is 13.5 Å². The van der Waals surface area contributed by atoms with Crippen LogP contribution in [0.2, 0.25) is 5.02 Å². The number of halogens is 2. The Morgan fingerprint density at radius 2 is 1.89 bits per heavy atom. The Balaban J connectivity index is 2.00. The fourth-order valence-electron chi connectivity index (χ4n) is 1.70. The molecule has 1 N–H and O–H groups in total. The highest BCUT2D eigenvalue weighted by Crippen LogP contribution is 2.26. The maximum absolute atomic E-state index is 5.98. The van der Waals surface area contributed by atoms with Gasteiger partial charge >= 0.3 is 0 Å². The molecule has 0 fully saturated rings. The molecule has 0 saturated carbocycles. The number of anilines is 1. The molecular formula is C15H15BrClNO. The highest BCUT2D eigenvalue weighted by atomic mass is 79.9. The standard InChI is InChI=1S/C15H15BrClNO/c1-2-19-13-6-3-11(4-7-13)10-18-15-9-12(17)5-8-14(15)16/h3-9,18H,2,10H2,1H3. The Labute approximate surface area is 126 Å². The monoisotopic (exact) mass is 339 g/mol. The Morgan fingerprint density at radius 3 is 2.58 bits per heavy atom. The lowest BCUT2D eigenvalue weighted by atomic mass is 10.2. The van der Waals surface area contributed by atoms with Crippen LogP contribution >= 0.6 is 27.5 Å². The summed E-state index contributed by atoms with van der Waals surface area (Å²) in [5.41, 5.74) is 2.18. The quantitative estimate of drug-likeness (QED) is 0.816. The normalized spacial score (nSPS) is 10.3. The lowest BCUT2D eigenvalue weighted by Gasteiger charge is -2.10. The molecule has 2 nitrogen and oxygen atoms in total. The Hall–Kier alpha value is -1.19. The minimum Gasteiger partial charge on any atom is -0.494 e. The van der Waals surface area contributed by atoms with Gasteiger partial charge in [-0.1, -0.05) is 23.7 Å². The molecule has 19 heavy (non-hydrogen) atoms. The Morgan fingerprint density at radius 1 is 1.16 bits per heavy atom. The molecule has 0 heterocycles. The summed E-state index contributed by atoms with van der Waals surface area (Å²) >= 11 is 9.47. The molecule has 0 aliphatic heterocycles. The van der Waals surface area contributed by atoms with E-state index in [0.29, 0.717) is 6.61 Å². The van der Waals surface area contributed by atoms with Crippen molar-refractivity contribution in [3.05, 3.63) is 57.5 Å².